The first-order valence-corrected chi connectivity index (χ1v) is 17.6. The van der Waals surface area contributed by atoms with E-state index < -0.39 is 0 Å². The van der Waals surface area contributed by atoms with Gasteiger partial charge >= 0.3 is 0 Å². The molecule has 0 fully saturated rings. The van der Waals surface area contributed by atoms with Crippen molar-refractivity contribution in [2.24, 2.45) is 0 Å². The summed E-state index contributed by atoms with van der Waals surface area (Å²) in [5.74, 6) is 0. The summed E-state index contributed by atoms with van der Waals surface area (Å²) < 4.78 is 5.27. The lowest BCUT2D eigenvalue weighted by Gasteiger charge is -2.27. The Balaban J connectivity index is 1.22. The zero-order valence-electron chi connectivity index (χ0n) is 25.4. The van der Waals surface area contributed by atoms with Crippen LogP contribution in [0.1, 0.15) is 0 Å². The van der Waals surface area contributed by atoms with E-state index in [1.807, 2.05) is 22.7 Å². The molecule has 2 heterocycles. The first kappa shape index (κ1) is 26.7. The van der Waals surface area contributed by atoms with E-state index in [-0.39, 0.29) is 0 Å². The number of hydrogen-bond acceptors (Lipinski definition) is 3. The van der Waals surface area contributed by atoms with Crippen molar-refractivity contribution in [1.82, 2.24) is 0 Å². The quantitative estimate of drug-likeness (QED) is 0.186. The summed E-state index contributed by atoms with van der Waals surface area (Å²) in [6.07, 6.45) is 0. The van der Waals surface area contributed by atoms with E-state index in [0.29, 0.717) is 0 Å². The Morgan fingerprint density at radius 1 is 0.383 bits per heavy atom. The fourth-order valence-corrected chi connectivity index (χ4v) is 9.60. The highest BCUT2D eigenvalue weighted by atomic mass is 32.1. The van der Waals surface area contributed by atoms with Crippen molar-refractivity contribution in [3.63, 3.8) is 0 Å². The van der Waals surface area contributed by atoms with Crippen LogP contribution in [0.4, 0.5) is 17.1 Å². The third-order valence-electron chi connectivity index (χ3n) is 9.45. The second kappa shape index (κ2) is 10.5. The average Bonchev–Trinajstić information content (AvgIpc) is 3.71. The molecule has 0 unspecified atom stereocenters. The Hall–Kier alpha value is -5.48. The minimum Gasteiger partial charge on any atom is -0.309 e. The van der Waals surface area contributed by atoms with Crippen LogP contribution < -0.4 is 4.90 Å². The number of hydrogen-bond donors (Lipinski definition) is 0. The molecule has 2 aromatic heterocycles. The summed E-state index contributed by atoms with van der Waals surface area (Å²) in [5, 5.41) is 10.4. The van der Waals surface area contributed by atoms with Crippen molar-refractivity contribution < 1.29 is 0 Å². The zero-order chi connectivity index (χ0) is 30.9. The summed E-state index contributed by atoms with van der Waals surface area (Å²) in [6.45, 7) is 0. The molecule has 3 heteroatoms. The molecule has 0 radical (unpaired) electrons. The molecule has 0 saturated heterocycles. The maximum absolute atomic E-state index is 2.46. The normalized spacial score (nSPS) is 11.8. The standard InChI is InChI=1S/C44H27NS2/c1-2-11-33-28(9-1)10-7-14-34(33)29-19-23-31(24-20-29)45(39-16-8-15-36-35-12-3-5-17-40(35)47-44(36)39)32-25-21-30-22-26-42-43(38(30)27-32)37-13-4-6-18-41(37)46-42/h1-27H. The van der Waals surface area contributed by atoms with Gasteiger partial charge < -0.3 is 4.90 Å². The lowest BCUT2D eigenvalue weighted by Crippen LogP contribution is -2.10. The van der Waals surface area contributed by atoms with Gasteiger partial charge in [-0.25, -0.2) is 0 Å². The van der Waals surface area contributed by atoms with Crippen LogP contribution in [-0.2, 0) is 0 Å². The van der Waals surface area contributed by atoms with Gasteiger partial charge in [0.15, 0.2) is 0 Å². The molecule has 8 aromatic carbocycles. The van der Waals surface area contributed by atoms with Gasteiger partial charge in [-0.2, -0.15) is 0 Å². The van der Waals surface area contributed by atoms with Gasteiger partial charge in [-0.3, -0.25) is 0 Å². The van der Waals surface area contributed by atoms with Crippen LogP contribution >= 0.6 is 22.7 Å². The molecule has 0 saturated carbocycles. The third kappa shape index (κ3) is 4.21. The molecule has 0 spiro atoms. The van der Waals surface area contributed by atoms with Crippen molar-refractivity contribution in [3.05, 3.63) is 164 Å². The Kier molecular flexibility index (Phi) is 5.98. The lowest BCUT2D eigenvalue weighted by atomic mass is 9.98. The molecule has 10 rings (SSSR count). The highest BCUT2D eigenvalue weighted by Crippen LogP contribution is 2.47. The molecule has 0 N–H and O–H groups in total. The summed E-state index contributed by atoms with van der Waals surface area (Å²) in [4.78, 5) is 2.46. The molecule has 220 valence electrons. The van der Waals surface area contributed by atoms with Crippen molar-refractivity contribution in [2.45, 2.75) is 0 Å². The molecule has 0 aliphatic rings. The predicted molar refractivity (Wildman–Crippen MR) is 207 cm³/mol. The molecular formula is C44H27NS2. The fraction of sp³-hybridized carbons (Fsp3) is 0. The Labute approximate surface area is 280 Å². The fourth-order valence-electron chi connectivity index (χ4n) is 7.27. The molecule has 0 aliphatic heterocycles. The lowest BCUT2D eigenvalue weighted by molar-refractivity contribution is 1.31. The van der Waals surface area contributed by atoms with Crippen LogP contribution in [-0.4, -0.2) is 0 Å². The van der Waals surface area contributed by atoms with Gasteiger partial charge in [0.25, 0.3) is 0 Å². The largest absolute Gasteiger partial charge is 0.309 e. The number of nitrogens with zero attached hydrogens (tertiary/aromatic N) is 1. The van der Waals surface area contributed by atoms with Crippen LogP contribution in [0.15, 0.2) is 164 Å². The molecular weight excluding hydrogens is 607 g/mol. The molecule has 1 nitrogen and oxygen atoms in total. The second-order valence-electron chi connectivity index (χ2n) is 12.1. The van der Waals surface area contributed by atoms with E-state index in [0.717, 1.165) is 11.4 Å². The van der Waals surface area contributed by atoms with E-state index in [9.17, 15) is 0 Å². The van der Waals surface area contributed by atoms with Crippen molar-refractivity contribution in [2.75, 3.05) is 4.90 Å². The molecule has 10 aromatic rings. The van der Waals surface area contributed by atoms with Gasteiger partial charge in [-0.05, 0) is 81.2 Å². The highest BCUT2D eigenvalue weighted by molar-refractivity contribution is 7.26. The van der Waals surface area contributed by atoms with E-state index >= 15 is 0 Å². The van der Waals surface area contributed by atoms with Crippen molar-refractivity contribution >= 4 is 102 Å². The molecule has 0 bridgehead atoms. The second-order valence-corrected chi connectivity index (χ2v) is 14.2. The Bertz CT molecular complexity index is 2800. The first-order valence-electron chi connectivity index (χ1n) is 15.9. The van der Waals surface area contributed by atoms with Crippen LogP contribution in [0.25, 0.3) is 73.0 Å². The van der Waals surface area contributed by atoms with Crippen LogP contribution in [0, 0.1) is 0 Å². The van der Waals surface area contributed by atoms with Crippen LogP contribution in [0.5, 0.6) is 0 Å². The van der Waals surface area contributed by atoms with Gasteiger partial charge in [0.2, 0.25) is 0 Å². The van der Waals surface area contributed by atoms with Gasteiger partial charge in [0.1, 0.15) is 0 Å². The molecule has 47 heavy (non-hydrogen) atoms. The van der Waals surface area contributed by atoms with Gasteiger partial charge in [0, 0.05) is 47.0 Å². The van der Waals surface area contributed by atoms with Crippen molar-refractivity contribution in [1.29, 1.82) is 0 Å². The van der Waals surface area contributed by atoms with E-state index in [1.54, 1.807) is 0 Å². The van der Waals surface area contributed by atoms with Gasteiger partial charge in [-0.15, -0.1) is 22.7 Å². The van der Waals surface area contributed by atoms with Gasteiger partial charge in [0.05, 0.1) is 10.4 Å². The average molecular weight is 634 g/mol. The maximum Gasteiger partial charge on any atom is 0.0640 e. The Morgan fingerprint density at radius 2 is 1.02 bits per heavy atom. The molecule has 0 aliphatic carbocycles. The zero-order valence-corrected chi connectivity index (χ0v) is 27.0. The SMILES string of the molecule is c1ccc2c(-c3ccc(N(c4ccc5ccc6sc7ccccc7c6c5c4)c4cccc5c4sc4ccccc45)cc3)cccc2c1. The maximum atomic E-state index is 2.46. The number of benzene rings is 8. The summed E-state index contributed by atoms with van der Waals surface area (Å²) in [5.41, 5.74) is 5.97. The van der Waals surface area contributed by atoms with Gasteiger partial charge in [-0.1, -0.05) is 115 Å². The minimum absolute atomic E-state index is 1.14. The summed E-state index contributed by atoms with van der Waals surface area (Å²) >= 11 is 3.75. The first-order chi connectivity index (χ1) is 23.3. The predicted octanol–water partition coefficient (Wildman–Crippen LogP) is 13.9. The van der Waals surface area contributed by atoms with E-state index in [2.05, 4.69) is 169 Å². The van der Waals surface area contributed by atoms with Crippen LogP contribution in [0.2, 0.25) is 0 Å². The van der Waals surface area contributed by atoms with Crippen molar-refractivity contribution in [3.8, 4) is 11.1 Å². The van der Waals surface area contributed by atoms with Crippen LogP contribution in [0.3, 0.4) is 0 Å². The smallest absolute Gasteiger partial charge is 0.0640 e. The molecule has 0 atom stereocenters. The number of thiophene rings is 2. The molecule has 0 amide bonds. The van der Waals surface area contributed by atoms with E-state index in [4.69, 9.17) is 0 Å². The third-order valence-corrected chi connectivity index (χ3v) is 11.8. The number of anilines is 3. The monoisotopic (exact) mass is 633 g/mol. The minimum atomic E-state index is 1.14. The highest BCUT2D eigenvalue weighted by Gasteiger charge is 2.19. The number of fused-ring (bicyclic) bond motifs is 9. The topological polar surface area (TPSA) is 3.24 Å². The summed E-state index contributed by atoms with van der Waals surface area (Å²) in [6, 6.07) is 60.2. The van der Waals surface area contributed by atoms with E-state index in [1.165, 1.54) is 78.7 Å². The Morgan fingerprint density at radius 3 is 1.89 bits per heavy atom. The number of rotatable bonds is 4. The summed E-state index contributed by atoms with van der Waals surface area (Å²) in [7, 11) is 0.